The van der Waals surface area contributed by atoms with Crippen LogP contribution in [0.1, 0.15) is 21.0 Å². The Bertz CT molecular complexity index is 1810. The molecule has 5 aromatic rings. The molecule has 11 nitrogen and oxygen atoms in total. The standard InChI is InChI=1S/C30H22F4N4O7/c1-41-19-8-3-16(4-9-19)25-14-22(37-44-25)27(39)35-18-7-12-24(43-30(33,34)29(31)32)21(13-18)36-28(40)23-15-26(45-38-23)17-5-10-20(42-2)11-6-17/h3-15,29H,1-2H3,(H,35,39)(H,36,40). The lowest BCUT2D eigenvalue weighted by atomic mass is 10.1. The number of methoxy groups -OCH3 is 2. The van der Waals surface area contributed by atoms with E-state index in [1.54, 1.807) is 48.5 Å². The highest BCUT2D eigenvalue weighted by Crippen LogP contribution is 2.35. The van der Waals surface area contributed by atoms with Crippen molar-refractivity contribution in [3.8, 4) is 39.9 Å². The summed E-state index contributed by atoms with van der Waals surface area (Å²) in [5.41, 5.74) is 0.245. The van der Waals surface area contributed by atoms with Crippen molar-refractivity contribution in [2.75, 3.05) is 24.9 Å². The summed E-state index contributed by atoms with van der Waals surface area (Å²) in [7, 11) is 3.01. The summed E-state index contributed by atoms with van der Waals surface area (Å²) in [5, 5.41) is 12.2. The van der Waals surface area contributed by atoms with Gasteiger partial charge in [0.2, 0.25) is 0 Å². The molecule has 45 heavy (non-hydrogen) atoms. The fourth-order valence-corrected chi connectivity index (χ4v) is 3.91. The Hall–Kier alpha value is -5.86. The summed E-state index contributed by atoms with van der Waals surface area (Å²) in [5.74, 6) is -0.859. The molecule has 2 heterocycles. The van der Waals surface area contributed by atoms with Gasteiger partial charge >= 0.3 is 12.5 Å². The Morgan fingerprint density at radius 2 is 1.22 bits per heavy atom. The van der Waals surface area contributed by atoms with Crippen LogP contribution in [-0.4, -0.2) is 48.9 Å². The lowest BCUT2D eigenvalue weighted by molar-refractivity contribution is -0.252. The van der Waals surface area contributed by atoms with Crippen LogP contribution in [0.2, 0.25) is 0 Å². The zero-order valence-corrected chi connectivity index (χ0v) is 23.3. The molecule has 0 saturated heterocycles. The molecule has 5 rings (SSSR count). The minimum absolute atomic E-state index is 0.0314. The van der Waals surface area contributed by atoms with Gasteiger partial charge in [0.15, 0.2) is 22.9 Å². The number of amides is 2. The van der Waals surface area contributed by atoms with Gasteiger partial charge < -0.3 is 33.9 Å². The highest BCUT2D eigenvalue weighted by Gasteiger charge is 2.44. The first kappa shape index (κ1) is 30.6. The number of rotatable bonds is 11. The number of hydrogen-bond acceptors (Lipinski definition) is 9. The van der Waals surface area contributed by atoms with E-state index in [1.807, 2.05) is 0 Å². The Morgan fingerprint density at radius 1 is 0.733 bits per heavy atom. The van der Waals surface area contributed by atoms with E-state index in [0.29, 0.717) is 22.6 Å². The predicted molar refractivity (Wildman–Crippen MR) is 151 cm³/mol. The average Bonchev–Trinajstić information content (AvgIpc) is 3.74. The van der Waals surface area contributed by atoms with E-state index in [1.165, 1.54) is 26.4 Å². The molecule has 0 saturated carbocycles. The van der Waals surface area contributed by atoms with Gasteiger partial charge in [-0.1, -0.05) is 10.3 Å². The summed E-state index contributed by atoms with van der Waals surface area (Å²) in [6.07, 6.45) is -9.06. The number of hydrogen-bond donors (Lipinski definition) is 2. The van der Waals surface area contributed by atoms with Crippen molar-refractivity contribution in [1.82, 2.24) is 10.3 Å². The Balaban J connectivity index is 1.36. The number of anilines is 2. The zero-order chi connectivity index (χ0) is 32.1. The molecule has 2 amide bonds. The third kappa shape index (κ3) is 7.04. The van der Waals surface area contributed by atoms with Gasteiger partial charge in [-0.25, -0.2) is 0 Å². The number of ether oxygens (including phenoxy) is 3. The molecule has 0 spiro atoms. The van der Waals surface area contributed by atoms with E-state index in [0.717, 1.165) is 18.2 Å². The van der Waals surface area contributed by atoms with E-state index in [4.69, 9.17) is 18.5 Å². The summed E-state index contributed by atoms with van der Waals surface area (Å²) >= 11 is 0. The maximum absolute atomic E-state index is 13.8. The van der Waals surface area contributed by atoms with E-state index in [-0.39, 0.29) is 28.6 Å². The lowest BCUT2D eigenvalue weighted by Gasteiger charge is -2.20. The zero-order valence-electron chi connectivity index (χ0n) is 23.3. The van der Waals surface area contributed by atoms with Crippen molar-refractivity contribution in [3.63, 3.8) is 0 Å². The Labute approximate surface area is 251 Å². The van der Waals surface area contributed by atoms with Gasteiger partial charge in [0.1, 0.15) is 17.2 Å². The summed E-state index contributed by atoms with van der Waals surface area (Å²) < 4.78 is 78.3. The van der Waals surface area contributed by atoms with Gasteiger partial charge in [0.25, 0.3) is 11.8 Å². The third-order valence-corrected chi connectivity index (χ3v) is 6.22. The molecule has 2 N–H and O–H groups in total. The summed E-state index contributed by atoms with van der Waals surface area (Å²) in [6, 6.07) is 19.0. The van der Waals surface area contributed by atoms with Crippen molar-refractivity contribution in [1.29, 1.82) is 0 Å². The van der Waals surface area contributed by atoms with Gasteiger partial charge in [-0.05, 0) is 66.7 Å². The molecular weight excluding hydrogens is 604 g/mol. The molecule has 232 valence electrons. The van der Waals surface area contributed by atoms with Gasteiger partial charge in [0, 0.05) is 28.9 Å². The average molecular weight is 627 g/mol. The number of benzene rings is 3. The normalized spacial score (nSPS) is 11.3. The van der Waals surface area contributed by atoms with Crippen LogP contribution in [0.25, 0.3) is 22.6 Å². The maximum Gasteiger partial charge on any atom is 0.461 e. The molecule has 0 atom stereocenters. The second kappa shape index (κ2) is 12.8. The highest BCUT2D eigenvalue weighted by atomic mass is 19.3. The second-order valence-electron chi connectivity index (χ2n) is 9.19. The highest BCUT2D eigenvalue weighted by molar-refractivity contribution is 6.06. The first-order chi connectivity index (χ1) is 21.6. The molecule has 15 heteroatoms. The molecule has 0 aliphatic carbocycles. The van der Waals surface area contributed by atoms with E-state index in [9.17, 15) is 27.2 Å². The second-order valence-corrected chi connectivity index (χ2v) is 9.19. The van der Waals surface area contributed by atoms with Crippen molar-refractivity contribution < 1.29 is 50.4 Å². The Kier molecular flexibility index (Phi) is 8.69. The fourth-order valence-electron chi connectivity index (χ4n) is 3.91. The van der Waals surface area contributed by atoms with Gasteiger partial charge in [-0.15, -0.1) is 0 Å². The molecule has 0 unspecified atom stereocenters. The van der Waals surface area contributed by atoms with Crippen LogP contribution < -0.4 is 24.8 Å². The predicted octanol–water partition coefficient (Wildman–Crippen LogP) is 6.76. The van der Waals surface area contributed by atoms with Gasteiger partial charge in [-0.3, -0.25) is 9.59 Å². The number of aromatic nitrogens is 2. The van der Waals surface area contributed by atoms with Crippen molar-refractivity contribution in [2.45, 2.75) is 12.5 Å². The maximum atomic E-state index is 13.8. The molecule has 0 bridgehead atoms. The largest absolute Gasteiger partial charge is 0.497 e. The van der Waals surface area contributed by atoms with Gasteiger partial charge in [-0.2, -0.15) is 17.6 Å². The number of alkyl halides is 4. The summed E-state index contributed by atoms with van der Waals surface area (Å²) in [6.45, 7) is 0. The van der Waals surface area contributed by atoms with Crippen LogP contribution in [-0.2, 0) is 0 Å². The minimum atomic E-state index is -4.89. The quantitative estimate of drug-likeness (QED) is 0.152. The molecule has 0 fully saturated rings. The van der Waals surface area contributed by atoms with Crippen LogP contribution in [0.3, 0.4) is 0 Å². The molecule has 3 aromatic carbocycles. The molecule has 0 aliphatic heterocycles. The number of carbonyl (C=O) groups excluding carboxylic acids is 2. The summed E-state index contributed by atoms with van der Waals surface area (Å²) in [4.78, 5) is 25.9. The fraction of sp³-hybridized carbons (Fsp3) is 0.133. The van der Waals surface area contributed by atoms with Crippen LogP contribution in [0.15, 0.2) is 87.9 Å². The van der Waals surface area contributed by atoms with Gasteiger partial charge in [0.05, 0.1) is 19.9 Å². The van der Waals surface area contributed by atoms with Crippen LogP contribution >= 0.6 is 0 Å². The van der Waals surface area contributed by atoms with Crippen LogP contribution in [0.4, 0.5) is 28.9 Å². The third-order valence-electron chi connectivity index (χ3n) is 6.22. The SMILES string of the molecule is COc1ccc(-c2cc(C(=O)Nc3ccc(OC(F)(F)C(F)F)c(NC(=O)c4cc(-c5ccc(OC)cc5)on4)c3)no2)cc1. The van der Waals surface area contributed by atoms with E-state index >= 15 is 0 Å². The van der Waals surface area contributed by atoms with Crippen molar-refractivity contribution in [2.24, 2.45) is 0 Å². The van der Waals surface area contributed by atoms with Crippen molar-refractivity contribution in [3.05, 3.63) is 90.3 Å². The molecule has 0 aliphatic rings. The number of carbonyl (C=O) groups is 2. The van der Waals surface area contributed by atoms with Crippen molar-refractivity contribution >= 4 is 23.2 Å². The van der Waals surface area contributed by atoms with E-state index < -0.39 is 35.8 Å². The lowest BCUT2D eigenvalue weighted by Crippen LogP contribution is -2.33. The van der Waals surface area contributed by atoms with Crippen LogP contribution in [0, 0.1) is 0 Å². The van der Waals surface area contributed by atoms with E-state index in [2.05, 4.69) is 25.7 Å². The molecule has 0 radical (unpaired) electrons. The first-order valence-corrected chi connectivity index (χ1v) is 12.9. The number of nitrogens with zero attached hydrogens (tertiary/aromatic N) is 2. The topological polar surface area (TPSA) is 138 Å². The smallest absolute Gasteiger partial charge is 0.461 e. The Morgan fingerprint density at radius 3 is 1.69 bits per heavy atom. The minimum Gasteiger partial charge on any atom is -0.497 e. The monoisotopic (exact) mass is 626 g/mol. The molecular formula is C30H22F4N4O7. The van der Waals surface area contributed by atoms with Crippen LogP contribution in [0.5, 0.6) is 17.2 Å². The number of halogens is 4. The first-order valence-electron chi connectivity index (χ1n) is 12.9. The number of nitrogens with one attached hydrogen (secondary N) is 2. The molecule has 2 aromatic heterocycles.